The number of piperazine rings is 1. The van der Waals surface area contributed by atoms with E-state index in [-0.39, 0.29) is 12.5 Å². The third kappa shape index (κ3) is 4.83. The Morgan fingerprint density at radius 3 is 2.43 bits per heavy atom. The van der Waals surface area contributed by atoms with Gasteiger partial charge in [0, 0.05) is 31.2 Å². The minimum atomic E-state index is -3.57. The molecular formula is C15H22ClN3O3S. The summed E-state index contributed by atoms with van der Waals surface area (Å²) in [5.41, 5.74) is 0.403. The van der Waals surface area contributed by atoms with E-state index >= 15 is 0 Å². The summed E-state index contributed by atoms with van der Waals surface area (Å²) in [6, 6.07) is 6.51. The molecule has 0 bridgehead atoms. The zero-order chi connectivity index (χ0) is 17.0. The smallest absolute Gasteiger partial charge is 0.243 e. The minimum absolute atomic E-state index is 0.189. The summed E-state index contributed by atoms with van der Waals surface area (Å²) in [4.78, 5) is 16.5. The first-order valence-corrected chi connectivity index (χ1v) is 9.77. The first-order valence-electron chi connectivity index (χ1n) is 7.54. The lowest BCUT2D eigenvalue weighted by Gasteiger charge is -2.35. The first-order chi connectivity index (χ1) is 10.8. The number of amides is 1. The van der Waals surface area contributed by atoms with Gasteiger partial charge in [0.25, 0.3) is 0 Å². The molecule has 0 aliphatic carbocycles. The molecule has 1 aromatic rings. The lowest BCUT2D eigenvalue weighted by atomic mass is 10.3. The van der Waals surface area contributed by atoms with Crippen molar-refractivity contribution >= 4 is 33.2 Å². The first kappa shape index (κ1) is 18.0. The second-order valence-electron chi connectivity index (χ2n) is 5.56. The van der Waals surface area contributed by atoms with Gasteiger partial charge in [-0.25, -0.2) is 8.42 Å². The lowest BCUT2D eigenvalue weighted by Crippen LogP contribution is -2.51. The van der Waals surface area contributed by atoms with Crippen LogP contribution in [-0.2, 0) is 14.8 Å². The highest BCUT2D eigenvalue weighted by Gasteiger charge is 2.26. The molecule has 1 aromatic carbocycles. The molecule has 8 heteroatoms. The SMILES string of the molecule is CCN1CCN(C(=O)CN(c2cccc(Cl)c2)S(C)(=O)=O)CC1. The number of nitrogens with zero attached hydrogens (tertiary/aromatic N) is 3. The van der Waals surface area contributed by atoms with Gasteiger partial charge in [0.2, 0.25) is 15.9 Å². The average Bonchev–Trinajstić information content (AvgIpc) is 2.51. The third-order valence-electron chi connectivity index (χ3n) is 3.95. The Morgan fingerprint density at radius 2 is 1.91 bits per heavy atom. The maximum absolute atomic E-state index is 12.5. The number of halogens is 1. The quantitative estimate of drug-likeness (QED) is 0.794. The van der Waals surface area contributed by atoms with Crippen LogP contribution in [0.5, 0.6) is 0 Å². The van der Waals surface area contributed by atoms with Gasteiger partial charge in [0.15, 0.2) is 0 Å². The third-order valence-corrected chi connectivity index (χ3v) is 5.32. The molecule has 1 aliphatic rings. The minimum Gasteiger partial charge on any atom is -0.339 e. The van der Waals surface area contributed by atoms with Crippen LogP contribution in [0.3, 0.4) is 0 Å². The van der Waals surface area contributed by atoms with Crippen molar-refractivity contribution < 1.29 is 13.2 Å². The summed E-state index contributed by atoms with van der Waals surface area (Å²) in [7, 11) is -3.57. The van der Waals surface area contributed by atoms with E-state index in [0.717, 1.165) is 30.2 Å². The highest BCUT2D eigenvalue weighted by atomic mass is 35.5. The molecule has 1 fully saturated rings. The van der Waals surface area contributed by atoms with Crippen LogP contribution < -0.4 is 4.31 Å². The zero-order valence-electron chi connectivity index (χ0n) is 13.4. The van der Waals surface area contributed by atoms with Crippen molar-refractivity contribution in [3.63, 3.8) is 0 Å². The molecule has 23 heavy (non-hydrogen) atoms. The van der Waals surface area contributed by atoms with Gasteiger partial charge in [0.05, 0.1) is 11.9 Å². The average molecular weight is 360 g/mol. The van der Waals surface area contributed by atoms with Gasteiger partial charge >= 0.3 is 0 Å². The van der Waals surface area contributed by atoms with E-state index in [0.29, 0.717) is 23.8 Å². The van der Waals surface area contributed by atoms with Gasteiger partial charge in [0.1, 0.15) is 6.54 Å². The highest BCUT2D eigenvalue weighted by Crippen LogP contribution is 2.22. The molecule has 128 valence electrons. The van der Waals surface area contributed by atoms with Crippen molar-refractivity contribution in [3.05, 3.63) is 29.3 Å². The van der Waals surface area contributed by atoms with Crippen LogP contribution >= 0.6 is 11.6 Å². The molecule has 0 unspecified atom stereocenters. The second kappa shape index (κ2) is 7.51. The van der Waals surface area contributed by atoms with Gasteiger partial charge in [-0.2, -0.15) is 0 Å². The van der Waals surface area contributed by atoms with E-state index < -0.39 is 10.0 Å². The van der Waals surface area contributed by atoms with Crippen molar-refractivity contribution in [1.82, 2.24) is 9.80 Å². The molecule has 1 aliphatic heterocycles. The van der Waals surface area contributed by atoms with E-state index in [1.807, 2.05) is 0 Å². The van der Waals surface area contributed by atoms with E-state index in [9.17, 15) is 13.2 Å². The van der Waals surface area contributed by atoms with Gasteiger partial charge in [-0.15, -0.1) is 0 Å². The Kier molecular flexibility index (Phi) is 5.89. The molecule has 1 amide bonds. The number of rotatable bonds is 5. The summed E-state index contributed by atoms with van der Waals surface area (Å²) in [5, 5.41) is 0.431. The van der Waals surface area contributed by atoms with Crippen molar-refractivity contribution in [2.24, 2.45) is 0 Å². The number of anilines is 1. The summed E-state index contributed by atoms with van der Waals surface area (Å²) < 4.78 is 25.2. The fraction of sp³-hybridized carbons (Fsp3) is 0.533. The molecule has 2 rings (SSSR count). The lowest BCUT2D eigenvalue weighted by molar-refractivity contribution is -0.131. The Hall–Kier alpha value is -1.31. The molecule has 0 saturated carbocycles. The van der Waals surface area contributed by atoms with Gasteiger partial charge in [-0.3, -0.25) is 9.10 Å². The maximum atomic E-state index is 12.5. The van der Waals surface area contributed by atoms with Crippen molar-refractivity contribution in [2.45, 2.75) is 6.92 Å². The number of benzene rings is 1. The summed E-state index contributed by atoms with van der Waals surface area (Å²) in [6.07, 6.45) is 1.09. The van der Waals surface area contributed by atoms with Crippen LogP contribution in [0.15, 0.2) is 24.3 Å². The van der Waals surface area contributed by atoms with Crippen LogP contribution in [0.4, 0.5) is 5.69 Å². The van der Waals surface area contributed by atoms with Crippen molar-refractivity contribution in [1.29, 1.82) is 0 Å². The molecule has 0 aromatic heterocycles. The van der Waals surface area contributed by atoms with Crippen molar-refractivity contribution in [2.75, 3.05) is 49.8 Å². The predicted octanol–water partition coefficient (Wildman–Crippen LogP) is 1.27. The second-order valence-corrected chi connectivity index (χ2v) is 7.91. The summed E-state index contributed by atoms with van der Waals surface area (Å²) in [6.45, 7) is 5.73. The van der Waals surface area contributed by atoms with Crippen LogP contribution in [0, 0.1) is 0 Å². The van der Waals surface area contributed by atoms with E-state index in [4.69, 9.17) is 11.6 Å². The van der Waals surface area contributed by atoms with Gasteiger partial charge in [-0.1, -0.05) is 24.6 Å². The normalized spacial score (nSPS) is 16.4. The number of carbonyl (C=O) groups excluding carboxylic acids is 1. The Labute approximate surface area is 142 Å². The predicted molar refractivity (Wildman–Crippen MR) is 92.3 cm³/mol. The molecule has 1 saturated heterocycles. The standard InChI is InChI=1S/C15H22ClN3O3S/c1-3-17-7-9-18(10-8-17)15(20)12-19(23(2,21)22)14-6-4-5-13(16)11-14/h4-6,11H,3,7-10,12H2,1-2H3. The number of hydrogen-bond acceptors (Lipinski definition) is 4. The zero-order valence-corrected chi connectivity index (χ0v) is 15.0. The molecular weight excluding hydrogens is 338 g/mol. The Balaban J connectivity index is 2.11. The highest BCUT2D eigenvalue weighted by molar-refractivity contribution is 7.92. The van der Waals surface area contributed by atoms with E-state index in [2.05, 4.69) is 11.8 Å². The molecule has 1 heterocycles. The van der Waals surface area contributed by atoms with Crippen molar-refractivity contribution in [3.8, 4) is 0 Å². The van der Waals surface area contributed by atoms with Gasteiger partial charge in [-0.05, 0) is 24.7 Å². The topological polar surface area (TPSA) is 60.9 Å². The Bertz CT molecular complexity index is 658. The fourth-order valence-electron chi connectivity index (χ4n) is 2.57. The molecule has 0 N–H and O–H groups in total. The monoisotopic (exact) mass is 359 g/mol. The van der Waals surface area contributed by atoms with Crippen LogP contribution in [0.25, 0.3) is 0 Å². The molecule has 0 radical (unpaired) electrons. The number of carbonyl (C=O) groups is 1. The van der Waals surface area contributed by atoms with E-state index in [1.165, 1.54) is 0 Å². The molecule has 0 spiro atoms. The maximum Gasteiger partial charge on any atom is 0.243 e. The summed E-state index contributed by atoms with van der Waals surface area (Å²) in [5.74, 6) is -0.189. The van der Waals surface area contributed by atoms with Crippen LogP contribution in [0.2, 0.25) is 5.02 Å². The number of sulfonamides is 1. The number of hydrogen-bond donors (Lipinski definition) is 0. The largest absolute Gasteiger partial charge is 0.339 e. The fourth-order valence-corrected chi connectivity index (χ4v) is 3.59. The van der Waals surface area contributed by atoms with Crippen LogP contribution in [-0.4, -0.2) is 69.6 Å². The van der Waals surface area contributed by atoms with Crippen LogP contribution in [0.1, 0.15) is 6.92 Å². The van der Waals surface area contributed by atoms with E-state index in [1.54, 1.807) is 29.2 Å². The Morgan fingerprint density at radius 1 is 1.26 bits per heavy atom. The molecule has 6 nitrogen and oxygen atoms in total. The summed E-state index contributed by atoms with van der Waals surface area (Å²) >= 11 is 5.93. The number of likely N-dealkylation sites (N-methyl/N-ethyl adjacent to an activating group) is 1. The molecule has 0 atom stereocenters. The van der Waals surface area contributed by atoms with Gasteiger partial charge < -0.3 is 9.80 Å².